The minimum atomic E-state index is -3.09. The summed E-state index contributed by atoms with van der Waals surface area (Å²) in [7, 11) is -1.21. The Bertz CT molecular complexity index is 920. The fraction of sp³-hybridized carbons (Fsp3) is 0.471. The average Bonchev–Trinajstić information content (AvgIpc) is 3.23. The molecule has 0 bridgehead atoms. The van der Waals surface area contributed by atoms with Crippen LogP contribution in [0.15, 0.2) is 23.2 Å². The standard InChI is InChI=1S/C17H21N3O4S3/c1-3-19(13-6-8-27(23,24)11-13)15(21)10-20-16(22)14(26-17(20)25)9-12-5-4-7-18(12)2/h4-5,7,9,13H,3,6,8,10-11H2,1-2H3. The van der Waals surface area contributed by atoms with E-state index in [4.69, 9.17) is 12.2 Å². The highest BCUT2D eigenvalue weighted by atomic mass is 32.2. The molecule has 0 aliphatic carbocycles. The molecule has 1 atom stereocenters. The van der Waals surface area contributed by atoms with Gasteiger partial charge >= 0.3 is 0 Å². The van der Waals surface area contributed by atoms with Crippen LogP contribution < -0.4 is 0 Å². The van der Waals surface area contributed by atoms with E-state index in [1.54, 1.807) is 11.0 Å². The van der Waals surface area contributed by atoms with Crippen molar-refractivity contribution < 1.29 is 18.0 Å². The monoisotopic (exact) mass is 427 g/mol. The van der Waals surface area contributed by atoms with Crippen LogP contribution >= 0.6 is 24.0 Å². The Labute approximate surface area is 168 Å². The van der Waals surface area contributed by atoms with Gasteiger partial charge in [-0.1, -0.05) is 24.0 Å². The highest BCUT2D eigenvalue weighted by molar-refractivity contribution is 8.26. The van der Waals surface area contributed by atoms with Crippen molar-refractivity contribution in [3.63, 3.8) is 0 Å². The first kappa shape index (κ1) is 20.1. The number of likely N-dealkylation sites (N-methyl/N-ethyl adjacent to an activating group) is 1. The predicted octanol–water partition coefficient (Wildman–Crippen LogP) is 1.26. The Balaban J connectivity index is 1.72. The minimum Gasteiger partial charge on any atom is -0.351 e. The fourth-order valence-corrected chi connectivity index (χ4v) is 6.25. The van der Waals surface area contributed by atoms with Crippen LogP contribution in [0.3, 0.4) is 0 Å². The van der Waals surface area contributed by atoms with Gasteiger partial charge in [0.2, 0.25) is 5.91 Å². The smallest absolute Gasteiger partial charge is 0.266 e. The molecule has 2 aliphatic heterocycles. The molecule has 1 unspecified atom stereocenters. The van der Waals surface area contributed by atoms with Crippen LogP contribution in [0.1, 0.15) is 19.0 Å². The lowest BCUT2D eigenvalue weighted by Crippen LogP contribution is -2.47. The topological polar surface area (TPSA) is 79.7 Å². The SMILES string of the molecule is CCN(C(=O)CN1C(=O)C(=Cc2cccn2C)SC1=S)C1CCS(=O)(=O)C1. The number of hydrogen-bond donors (Lipinski definition) is 0. The number of thiocarbonyl (C=S) groups is 1. The van der Waals surface area contributed by atoms with Crippen molar-refractivity contribution in [2.75, 3.05) is 24.6 Å². The van der Waals surface area contributed by atoms with E-state index in [0.29, 0.717) is 22.2 Å². The van der Waals surface area contributed by atoms with E-state index in [0.717, 1.165) is 5.69 Å². The third-order valence-electron chi connectivity index (χ3n) is 4.74. The van der Waals surface area contributed by atoms with E-state index < -0.39 is 9.84 Å². The number of carbonyl (C=O) groups is 2. The Hall–Kier alpha value is -1.65. The van der Waals surface area contributed by atoms with E-state index in [9.17, 15) is 18.0 Å². The molecule has 3 rings (SSSR count). The number of aromatic nitrogens is 1. The van der Waals surface area contributed by atoms with Crippen molar-refractivity contribution in [2.24, 2.45) is 7.05 Å². The van der Waals surface area contributed by atoms with Crippen molar-refractivity contribution >= 4 is 56.0 Å². The predicted molar refractivity (Wildman–Crippen MR) is 110 cm³/mol. The molecule has 2 fully saturated rings. The van der Waals surface area contributed by atoms with Gasteiger partial charge in [-0.2, -0.15) is 0 Å². The normalized spacial score (nSPS) is 23.4. The summed E-state index contributed by atoms with van der Waals surface area (Å²) in [6.45, 7) is 2.04. The number of sulfone groups is 1. The lowest BCUT2D eigenvalue weighted by molar-refractivity contribution is -0.136. The van der Waals surface area contributed by atoms with Crippen LogP contribution in [0.4, 0.5) is 0 Å². The molecule has 0 spiro atoms. The van der Waals surface area contributed by atoms with Gasteiger partial charge in [0, 0.05) is 31.5 Å². The van der Waals surface area contributed by atoms with Crippen molar-refractivity contribution in [1.29, 1.82) is 0 Å². The first-order valence-electron chi connectivity index (χ1n) is 8.58. The van der Waals surface area contributed by atoms with E-state index in [-0.39, 0.29) is 35.9 Å². The van der Waals surface area contributed by atoms with Crippen molar-refractivity contribution in [1.82, 2.24) is 14.4 Å². The molecule has 0 aromatic carbocycles. The van der Waals surface area contributed by atoms with Crippen LogP contribution in [0.25, 0.3) is 6.08 Å². The zero-order valence-electron chi connectivity index (χ0n) is 15.1. The molecule has 7 nitrogen and oxygen atoms in total. The molecule has 0 N–H and O–H groups in total. The summed E-state index contributed by atoms with van der Waals surface area (Å²) in [6, 6.07) is 3.44. The molecule has 2 saturated heterocycles. The van der Waals surface area contributed by atoms with Gasteiger partial charge in [-0.25, -0.2) is 8.42 Å². The van der Waals surface area contributed by atoms with E-state index in [2.05, 4.69) is 0 Å². The summed E-state index contributed by atoms with van der Waals surface area (Å²) >= 11 is 6.46. The largest absolute Gasteiger partial charge is 0.351 e. The number of rotatable bonds is 5. The average molecular weight is 428 g/mol. The Kier molecular flexibility index (Phi) is 5.78. The number of carbonyl (C=O) groups excluding carboxylic acids is 2. The van der Waals surface area contributed by atoms with E-state index >= 15 is 0 Å². The van der Waals surface area contributed by atoms with Crippen LogP contribution in [0.2, 0.25) is 0 Å². The maximum atomic E-state index is 12.7. The van der Waals surface area contributed by atoms with Gasteiger partial charge in [-0.15, -0.1) is 0 Å². The van der Waals surface area contributed by atoms with Crippen LogP contribution in [-0.2, 0) is 26.5 Å². The van der Waals surface area contributed by atoms with E-state index in [1.165, 1.54) is 16.7 Å². The van der Waals surface area contributed by atoms with Gasteiger partial charge < -0.3 is 9.47 Å². The maximum absolute atomic E-state index is 12.7. The summed E-state index contributed by atoms with van der Waals surface area (Å²) < 4.78 is 25.7. The van der Waals surface area contributed by atoms with Gasteiger partial charge in [0.05, 0.1) is 16.4 Å². The van der Waals surface area contributed by atoms with Crippen molar-refractivity contribution in [2.45, 2.75) is 19.4 Å². The molecule has 1 aromatic rings. The second-order valence-corrected chi connectivity index (χ2v) is 10.5. The number of nitrogens with zero attached hydrogens (tertiary/aromatic N) is 3. The molecule has 10 heteroatoms. The third kappa shape index (κ3) is 4.27. The summed E-state index contributed by atoms with van der Waals surface area (Å²) in [4.78, 5) is 28.8. The highest BCUT2D eigenvalue weighted by Crippen LogP contribution is 2.32. The molecule has 0 saturated carbocycles. The first-order valence-corrected chi connectivity index (χ1v) is 11.6. The molecule has 2 aliphatic rings. The molecule has 0 radical (unpaired) electrons. The zero-order valence-corrected chi connectivity index (χ0v) is 17.6. The second kappa shape index (κ2) is 7.76. The van der Waals surface area contributed by atoms with Gasteiger partial charge in [0.15, 0.2) is 9.84 Å². The first-order chi connectivity index (χ1) is 12.7. The summed E-state index contributed by atoms with van der Waals surface area (Å²) in [5.74, 6) is -0.494. The molecule has 3 heterocycles. The number of hydrogen-bond acceptors (Lipinski definition) is 6. The molecule has 27 heavy (non-hydrogen) atoms. The number of thioether (sulfide) groups is 1. The van der Waals surface area contributed by atoms with E-state index in [1.807, 2.05) is 36.9 Å². The van der Waals surface area contributed by atoms with Crippen molar-refractivity contribution in [3.05, 3.63) is 28.9 Å². The highest BCUT2D eigenvalue weighted by Gasteiger charge is 2.38. The quantitative estimate of drug-likeness (QED) is 0.520. The summed E-state index contributed by atoms with van der Waals surface area (Å²) in [5, 5.41) is 0. The van der Waals surface area contributed by atoms with Gasteiger partial charge in [-0.3, -0.25) is 14.5 Å². The molecule has 1 aromatic heterocycles. The summed E-state index contributed by atoms with van der Waals surface area (Å²) in [6.07, 6.45) is 4.07. The Morgan fingerprint density at radius 3 is 2.78 bits per heavy atom. The number of amides is 2. The van der Waals surface area contributed by atoms with Gasteiger partial charge in [-0.05, 0) is 31.6 Å². The van der Waals surface area contributed by atoms with Crippen LogP contribution in [-0.4, -0.2) is 69.6 Å². The van der Waals surface area contributed by atoms with Crippen LogP contribution in [0.5, 0.6) is 0 Å². The zero-order chi connectivity index (χ0) is 19.8. The minimum absolute atomic E-state index is 0.0155. The molecule has 146 valence electrons. The number of aryl methyl sites for hydroxylation is 1. The summed E-state index contributed by atoms with van der Waals surface area (Å²) in [5.41, 5.74) is 0.869. The van der Waals surface area contributed by atoms with Crippen LogP contribution in [0, 0.1) is 0 Å². The van der Waals surface area contributed by atoms with Gasteiger partial charge in [0.25, 0.3) is 5.91 Å². The Morgan fingerprint density at radius 2 is 2.22 bits per heavy atom. The Morgan fingerprint density at radius 1 is 1.48 bits per heavy atom. The third-order valence-corrected chi connectivity index (χ3v) is 7.87. The molecule has 2 amide bonds. The maximum Gasteiger partial charge on any atom is 0.266 e. The van der Waals surface area contributed by atoms with Gasteiger partial charge in [0.1, 0.15) is 10.9 Å². The van der Waals surface area contributed by atoms with Crippen molar-refractivity contribution in [3.8, 4) is 0 Å². The second-order valence-electron chi connectivity index (χ2n) is 6.55. The molecular weight excluding hydrogens is 406 g/mol. The lowest BCUT2D eigenvalue weighted by atomic mass is 10.2. The fourth-order valence-electron chi connectivity index (χ4n) is 3.28. The lowest BCUT2D eigenvalue weighted by Gasteiger charge is -2.28. The molecular formula is C17H21N3O4S3.